The highest BCUT2D eigenvalue weighted by Gasteiger charge is 2.15. The molecule has 1 aliphatic rings. The SMILES string of the molecule is Cc1ccc(NCc2cccc(C(=O)O)c2)cc1OCC1CCOCC1. The van der Waals surface area contributed by atoms with Crippen molar-refractivity contribution >= 4 is 11.7 Å². The van der Waals surface area contributed by atoms with E-state index in [1.807, 2.05) is 31.2 Å². The molecule has 0 aromatic heterocycles. The Balaban J connectivity index is 1.59. The fraction of sp³-hybridized carbons (Fsp3) is 0.381. The van der Waals surface area contributed by atoms with Crippen LogP contribution in [0.3, 0.4) is 0 Å². The summed E-state index contributed by atoms with van der Waals surface area (Å²) >= 11 is 0. The average molecular weight is 355 g/mol. The molecule has 5 heteroatoms. The highest BCUT2D eigenvalue weighted by molar-refractivity contribution is 5.87. The summed E-state index contributed by atoms with van der Waals surface area (Å²) in [6.07, 6.45) is 2.10. The number of nitrogens with one attached hydrogen (secondary N) is 1. The molecule has 2 aromatic carbocycles. The normalized spacial score (nSPS) is 14.8. The fourth-order valence-corrected chi connectivity index (χ4v) is 3.00. The van der Waals surface area contributed by atoms with E-state index in [0.29, 0.717) is 24.6 Å². The molecule has 0 spiro atoms. The van der Waals surface area contributed by atoms with E-state index in [1.54, 1.807) is 18.2 Å². The van der Waals surface area contributed by atoms with E-state index in [2.05, 4.69) is 5.32 Å². The number of hydrogen-bond donors (Lipinski definition) is 2. The van der Waals surface area contributed by atoms with Gasteiger partial charge in [-0.1, -0.05) is 18.2 Å². The maximum absolute atomic E-state index is 11.1. The first-order valence-electron chi connectivity index (χ1n) is 8.99. The van der Waals surface area contributed by atoms with Crippen molar-refractivity contribution in [1.29, 1.82) is 0 Å². The third kappa shape index (κ3) is 4.99. The van der Waals surface area contributed by atoms with Crippen LogP contribution >= 0.6 is 0 Å². The zero-order valence-corrected chi connectivity index (χ0v) is 15.0. The average Bonchev–Trinajstić information content (AvgIpc) is 2.67. The standard InChI is InChI=1S/C21H25NO4/c1-15-5-6-19(12-20(15)26-14-16-7-9-25-10-8-16)22-13-17-3-2-4-18(11-17)21(23)24/h2-6,11-12,16,22H,7-10,13-14H2,1H3,(H,23,24). The molecule has 0 amide bonds. The minimum absolute atomic E-state index is 0.300. The highest BCUT2D eigenvalue weighted by atomic mass is 16.5. The van der Waals surface area contributed by atoms with Gasteiger partial charge in [0.25, 0.3) is 0 Å². The number of carboxylic acids is 1. The highest BCUT2D eigenvalue weighted by Crippen LogP contribution is 2.25. The Bertz CT molecular complexity index is 753. The summed E-state index contributed by atoms with van der Waals surface area (Å²) in [6, 6.07) is 13.0. The molecule has 1 heterocycles. The van der Waals surface area contributed by atoms with E-state index in [1.165, 1.54) is 0 Å². The number of ether oxygens (including phenoxy) is 2. The van der Waals surface area contributed by atoms with Crippen LogP contribution in [0.4, 0.5) is 5.69 Å². The van der Waals surface area contributed by atoms with Gasteiger partial charge in [0.2, 0.25) is 0 Å². The Morgan fingerprint density at radius 1 is 1.23 bits per heavy atom. The van der Waals surface area contributed by atoms with Crippen LogP contribution in [0.2, 0.25) is 0 Å². The summed E-state index contributed by atoms with van der Waals surface area (Å²) in [6.45, 7) is 4.96. The van der Waals surface area contributed by atoms with E-state index in [0.717, 1.165) is 48.6 Å². The van der Waals surface area contributed by atoms with Gasteiger partial charge >= 0.3 is 5.97 Å². The molecule has 1 saturated heterocycles. The zero-order chi connectivity index (χ0) is 18.4. The largest absolute Gasteiger partial charge is 0.493 e. The molecule has 0 aliphatic carbocycles. The smallest absolute Gasteiger partial charge is 0.335 e. The first-order chi connectivity index (χ1) is 12.6. The summed E-state index contributed by atoms with van der Waals surface area (Å²) in [4.78, 5) is 11.1. The second kappa shape index (κ2) is 8.72. The number of carbonyl (C=O) groups is 1. The number of benzene rings is 2. The molecule has 0 saturated carbocycles. The summed E-state index contributed by atoms with van der Waals surface area (Å²) in [5.74, 6) is 0.533. The summed E-state index contributed by atoms with van der Waals surface area (Å²) in [7, 11) is 0. The summed E-state index contributed by atoms with van der Waals surface area (Å²) < 4.78 is 11.4. The van der Waals surface area contributed by atoms with Crippen molar-refractivity contribution in [1.82, 2.24) is 0 Å². The van der Waals surface area contributed by atoms with Crippen molar-refractivity contribution in [3.8, 4) is 5.75 Å². The molecule has 5 nitrogen and oxygen atoms in total. The molecule has 26 heavy (non-hydrogen) atoms. The van der Waals surface area contributed by atoms with Gasteiger partial charge in [0.1, 0.15) is 5.75 Å². The molecule has 3 rings (SSSR count). The Morgan fingerprint density at radius 2 is 2.04 bits per heavy atom. The minimum atomic E-state index is -0.911. The molecule has 0 bridgehead atoms. The Morgan fingerprint density at radius 3 is 2.81 bits per heavy atom. The van der Waals surface area contributed by atoms with Crippen LogP contribution in [0.15, 0.2) is 42.5 Å². The van der Waals surface area contributed by atoms with Gasteiger partial charge in [-0.3, -0.25) is 0 Å². The van der Waals surface area contributed by atoms with Crippen molar-refractivity contribution in [3.63, 3.8) is 0 Å². The van der Waals surface area contributed by atoms with Crippen LogP contribution in [0, 0.1) is 12.8 Å². The second-order valence-electron chi connectivity index (χ2n) is 6.71. The van der Waals surface area contributed by atoms with Crippen LogP contribution in [0.1, 0.15) is 34.3 Å². The van der Waals surface area contributed by atoms with E-state index in [4.69, 9.17) is 14.6 Å². The van der Waals surface area contributed by atoms with E-state index in [-0.39, 0.29) is 0 Å². The molecular weight excluding hydrogens is 330 g/mol. The third-order valence-electron chi connectivity index (χ3n) is 4.67. The second-order valence-corrected chi connectivity index (χ2v) is 6.71. The van der Waals surface area contributed by atoms with Crippen LogP contribution in [-0.4, -0.2) is 30.9 Å². The predicted molar refractivity (Wildman–Crippen MR) is 101 cm³/mol. The lowest BCUT2D eigenvalue weighted by Gasteiger charge is -2.22. The first-order valence-corrected chi connectivity index (χ1v) is 8.99. The van der Waals surface area contributed by atoms with E-state index in [9.17, 15) is 4.79 Å². The minimum Gasteiger partial charge on any atom is -0.493 e. The summed E-state index contributed by atoms with van der Waals surface area (Å²) in [5.41, 5.74) is 3.29. The molecule has 0 unspecified atom stereocenters. The van der Waals surface area contributed by atoms with Gasteiger partial charge in [-0.25, -0.2) is 4.79 Å². The van der Waals surface area contributed by atoms with Gasteiger partial charge in [-0.05, 0) is 55.0 Å². The number of anilines is 1. The van der Waals surface area contributed by atoms with Crippen molar-refractivity contribution in [2.45, 2.75) is 26.3 Å². The maximum atomic E-state index is 11.1. The van der Waals surface area contributed by atoms with Crippen LogP contribution < -0.4 is 10.1 Å². The molecule has 0 atom stereocenters. The zero-order valence-electron chi connectivity index (χ0n) is 15.0. The van der Waals surface area contributed by atoms with Crippen molar-refractivity contribution < 1.29 is 19.4 Å². The first kappa shape index (κ1) is 18.3. The molecule has 2 aromatic rings. The van der Waals surface area contributed by atoms with Gasteiger partial charge in [-0.15, -0.1) is 0 Å². The third-order valence-corrected chi connectivity index (χ3v) is 4.67. The number of hydrogen-bond acceptors (Lipinski definition) is 4. The molecule has 1 fully saturated rings. The van der Waals surface area contributed by atoms with Gasteiger partial charge in [0.05, 0.1) is 12.2 Å². The molecule has 138 valence electrons. The van der Waals surface area contributed by atoms with Crippen molar-refractivity contribution in [2.75, 3.05) is 25.1 Å². The number of aromatic carboxylic acids is 1. The van der Waals surface area contributed by atoms with E-state index < -0.39 is 5.97 Å². The van der Waals surface area contributed by atoms with Gasteiger partial charge in [0.15, 0.2) is 0 Å². The Labute approximate surface area is 153 Å². The maximum Gasteiger partial charge on any atom is 0.335 e. The quantitative estimate of drug-likeness (QED) is 0.782. The van der Waals surface area contributed by atoms with Crippen LogP contribution in [-0.2, 0) is 11.3 Å². The van der Waals surface area contributed by atoms with Gasteiger partial charge < -0.3 is 19.9 Å². The molecule has 2 N–H and O–H groups in total. The monoisotopic (exact) mass is 355 g/mol. The van der Waals surface area contributed by atoms with Crippen LogP contribution in [0.25, 0.3) is 0 Å². The Hall–Kier alpha value is -2.53. The van der Waals surface area contributed by atoms with E-state index >= 15 is 0 Å². The molecule has 1 aliphatic heterocycles. The number of carboxylic acid groups (broad SMARTS) is 1. The Kier molecular flexibility index (Phi) is 6.12. The van der Waals surface area contributed by atoms with Crippen molar-refractivity contribution in [2.24, 2.45) is 5.92 Å². The molecule has 0 radical (unpaired) electrons. The molecular formula is C21H25NO4. The number of aryl methyl sites for hydroxylation is 1. The lowest BCUT2D eigenvalue weighted by molar-refractivity contribution is 0.0496. The van der Waals surface area contributed by atoms with Gasteiger partial charge in [0, 0.05) is 31.5 Å². The number of rotatable bonds is 7. The lowest BCUT2D eigenvalue weighted by Crippen LogP contribution is -2.21. The predicted octanol–water partition coefficient (Wildman–Crippen LogP) is 4.11. The summed E-state index contributed by atoms with van der Waals surface area (Å²) in [5, 5.41) is 12.4. The topological polar surface area (TPSA) is 67.8 Å². The van der Waals surface area contributed by atoms with Crippen molar-refractivity contribution in [3.05, 3.63) is 59.2 Å². The van der Waals surface area contributed by atoms with Crippen LogP contribution in [0.5, 0.6) is 5.75 Å². The fourth-order valence-electron chi connectivity index (χ4n) is 3.00. The van der Waals surface area contributed by atoms with Gasteiger partial charge in [-0.2, -0.15) is 0 Å². The lowest BCUT2D eigenvalue weighted by atomic mass is 10.0.